The summed E-state index contributed by atoms with van der Waals surface area (Å²) in [6, 6.07) is 7.52. The van der Waals surface area contributed by atoms with E-state index < -0.39 is 0 Å². The lowest BCUT2D eigenvalue weighted by Gasteiger charge is -2.07. The Morgan fingerprint density at radius 1 is 1.44 bits per heavy atom. The number of hydrogen-bond donors (Lipinski definition) is 3. The lowest BCUT2D eigenvalue weighted by atomic mass is 10.2. The van der Waals surface area contributed by atoms with E-state index in [4.69, 9.17) is 5.73 Å². The second-order valence-corrected chi connectivity index (χ2v) is 4.68. The molecule has 5 nitrogen and oxygen atoms in total. The molecular weight excluding hydrogens is 248 g/mol. The van der Waals surface area contributed by atoms with Crippen molar-refractivity contribution in [3.63, 3.8) is 0 Å². The number of benzene rings is 1. The van der Waals surface area contributed by atoms with Gasteiger partial charge in [-0.3, -0.25) is 4.79 Å². The zero-order chi connectivity index (χ0) is 13.0. The van der Waals surface area contributed by atoms with Crippen molar-refractivity contribution in [3.05, 3.63) is 35.3 Å². The Labute approximate surface area is 109 Å². The van der Waals surface area contributed by atoms with Crippen LogP contribution in [0.5, 0.6) is 0 Å². The second-order valence-electron chi connectivity index (χ2n) is 3.79. The Morgan fingerprint density at radius 3 is 2.89 bits per heavy atom. The van der Waals surface area contributed by atoms with Crippen LogP contribution in [0.25, 0.3) is 0 Å². The minimum atomic E-state index is -0.0839. The van der Waals surface area contributed by atoms with E-state index in [1.54, 1.807) is 0 Å². The van der Waals surface area contributed by atoms with Crippen molar-refractivity contribution in [1.82, 2.24) is 4.98 Å². The van der Waals surface area contributed by atoms with E-state index in [0.717, 1.165) is 17.1 Å². The monoisotopic (exact) mass is 262 g/mol. The summed E-state index contributed by atoms with van der Waals surface area (Å²) in [4.78, 5) is 15.1. The molecule has 0 unspecified atom stereocenters. The van der Waals surface area contributed by atoms with Crippen molar-refractivity contribution in [2.24, 2.45) is 0 Å². The molecule has 0 radical (unpaired) electrons. The molecule has 0 saturated carbocycles. The molecule has 4 N–H and O–H groups in total. The van der Waals surface area contributed by atoms with Gasteiger partial charge >= 0.3 is 0 Å². The molecule has 0 aliphatic rings. The summed E-state index contributed by atoms with van der Waals surface area (Å²) in [6.07, 6.45) is 0. The lowest BCUT2D eigenvalue weighted by molar-refractivity contribution is -0.114. The average molecular weight is 262 g/mol. The molecule has 1 amide bonds. The van der Waals surface area contributed by atoms with Gasteiger partial charge in [-0.1, -0.05) is 6.07 Å². The third kappa shape index (κ3) is 3.46. The van der Waals surface area contributed by atoms with Crippen LogP contribution in [-0.2, 0) is 11.3 Å². The van der Waals surface area contributed by atoms with E-state index >= 15 is 0 Å². The smallest absolute Gasteiger partial charge is 0.221 e. The van der Waals surface area contributed by atoms with Crippen LogP contribution in [0.15, 0.2) is 29.6 Å². The number of nitrogens with two attached hydrogens (primary N) is 1. The number of anilines is 3. The molecule has 0 fully saturated rings. The van der Waals surface area contributed by atoms with E-state index in [1.807, 2.05) is 29.6 Å². The summed E-state index contributed by atoms with van der Waals surface area (Å²) in [5.74, 6) is -0.0839. The average Bonchev–Trinajstić information content (AvgIpc) is 2.72. The van der Waals surface area contributed by atoms with E-state index in [9.17, 15) is 4.79 Å². The van der Waals surface area contributed by atoms with Gasteiger partial charge in [-0.25, -0.2) is 4.98 Å². The van der Waals surface area contributed by atoms with Gasteiger partial charge in [0.25, 0.3) is 0 Å². The zero-order valence-corrected chi connectivity index (χ0v) is 10.8. The summed E-state index contributed by atoms with van der Waals surface area (Å²) < 4.78 is 0. The first kappa shape index (κ1) is 12.4. The predicted molar refractivity (Wildman–Crippen MR) is 74.6 cm³/mol. The number of rotatable bonds is 4. The highest BCUT2D eigenvalue weighted by molar-refractivity contribution is 7.13. The van der Waals surface area contributed by atoms with Gasteiger partial charge in [-0.2, -0.15) is 0 Å². The van der Waals surface area contributed by atoms with Crippen molar-refractivity contribution in [1.29, 1.82) is 0 Å². The zero-order valence-electron chi connectivity index (χ0n) is 9.93. The summed E-state index contributed by atoms with van der Waals surface area (Å²) in [6.45, 7) is 2.09. The van der Waals surface area contributed by atoms with Crippen molar-refractivity contribution in [3.8, 4) is 0 Å². The molecule has 1 heterocycles. The molecular formula is C12H14N4OS. The molecule has 1 aromatic carbocycles. The van der Waals surface area contributed by atoms with Crippen LogP contribution in [0.4, 0.5) is 16.5 Å². The Hall–Kier alpha value is -2.08. The topological polar surface area (TPSA) is 80.0 Å². The number of hydrogen-bond acceptors (Lipinski definition) is 5. The molecule has 1 aromatic heterocycles. The van der Waals surface area contributed by atoms with Crippen LogP contribution < -0.4 is 16.4 Å². The summed E-state index contributed by atoms with van der Waals surface area (Å²) in [5.41, 5.74) is 8.16. The molecule has 0 aliphatic heterocycles. The normalized spacial score (nSPS) is 10.1. The van der Waals surface area contributed by atoms with Gasteiger partial charge in [0, 0.05) is 23.7 Å². The Kier molecular flexibility index (Phi) is 3.78. The molecule has 2 rings (SSSR count). The van der Waals surface area contributed by atoms with Crippen LogP contribution in [-0.4, -0.2) is 10.9 Å². The van der Waals surface area contributed by atoms with Crippen LogP contribution >= 0.6 is 11.3 Å². The number of carbonyl (C=O) groups excluding carboxylic acids is 1. The van der Waals surface area contributed by atoms with Gasteiger partial charge in [0.05, 0.1) is 12.2 Å². The minimum absolute atomic E-state index is 0.0839. The first-order chi connectivity index (χ1) is 8.63. The van der Waals surface area contributed by atoms with Crippen LogP contribution in [0.1, 0.15) is 12.6 Å². The maximum Gasteiger partial charge on any atom is 0.221 e. The van der Waals surface area contributed by atoms with Crippen LogP contribution in [0.3, 0.4) is 0 Å². The quantitative estimate of drug-likeness (QED) is 0.789. The van der Waals surface area contributed by atoms with E-state index in [0.29, 0.717) is 11.7 Å². The number of nitrogens with one attached hydrogen (secondary N) is 2. The van der Waals surface area contributed by atoms with E-state index in [2.05, 4.69) is 15.6 Å². The molecule has 6 heteroatoms. The third-order valence-corrected chi connectivity index (χ3v) is 2.95. The number of thiazole rings is 1. The van der Waals surface area contributed by atoms with E-state index in [-0.39, 0.29) is 5.91 Å². The fourth-order valence-corrected chi connectivity index (χ4v) is 2.07. The lowest BCUT2D eigenvalue weighted by Crippen LogP contribution is -2.06. The number of aromatic nitrogens is 1. The standard InChI is InChI=1S/C12H14N4OS/c1-8(17)15-10-4-2-3-9(5-10)14-6-11-7-18-12(13)16-11/h2-5,7,14H,6H2,1H3,(H2,13,16)(H,15,17). The van der Waals surface area contributed by atoms with Crippen molar-refractivity contribution < 1.29 is 4.79 Å². The van der Waals surface area contributed by atoms with Crippen molar-refractivity contribution >= 4 is 33.8 Å². The van der Waals surface area contributed by atoms with Gasteiger partial charge in [0.2, 0.25) is 5.91 Å². The number of carbonyl (C=O) groups is 1. The Balaban J connectivity index is 1.98. The maximum atomic E-state index is 11.0. The first-order valence-electron chi connectivity index (χ1n) is 5.45. The molecule has 0 aliphatic carbocycles. The Morgan fingerprint density at radius 2 is 2.22 bits per heavy atom. The van der Waals surface area contributed by atoms with Crippen LogP contribution in [0.2, 0.25) is 0 Å². The molecule has 0 bridgehead atoms. The first-order valence-corrected chi connectivity index (χ1v) is 6.33. The largest absolute Gasteiger partial charge is 0.379 e. The van der Waals surface area contributed by atoms with Gasteiger partial charge < -0.3 is 16.4 Å². The van der Waals surface area contributed by atoms with Crippen LogP contribution in [0, 0.1) is 0 Å². The highest BCUT2D eigenvalue weighted by Gasteiger charge is 2.00. The SMILES string of the molecule is CC(=O)Nc1cccc(NCc2csc(N)n2)c1. The molecule has 2 aromatic rings. The molecule has 0 spiro atoms. The van der Waals surface area contributed by atoms with Crippen molar-refractivity contribution in [2.75, 3.05) is 16.4 Å². The number of amides is 1. The minimum Gasteiger partial charge on any atom is -0.379 e. The fourth-order valence-electron chi connectivity index (χ4n) is 1.51. The van der Waals surface area contributed by atoms with Gasteiger partial charge in [0.1, 0.15) is 0 Å². The van der Waals surface area contributed by atoms with Gasteiger partial charge in [-0.05, 0) is 18.2 Å². The fraction of sp³-hybridized carbons (Fsp3) is 0.167. The molecule has 18 heavy (non-hydrogen) atoms. The molecule has 0 atom stereocenters. The maximum absolute atomic E-state index is 11.0. The summed E-state index contributed by atoms with van der Waals surface area (Å²) in [5, 5.41) is 8.45. The van der Waals surface area contributed by atoms with Crippen molar-refractivity contribution in [2.45, 2.75) is 13.5 Å². The number of nitrogens with zero attached hydrogens (tertiary/aromatic N) is 1. The Bertz CT molecular complexity index is 553. The van der Waals surface area contributed by atoms with Gasteiger partial charge in [-0.15, -0.1) is 11.3 Å². The predicted octanol–water partition coefficient (Wildman–Crippen LogP) is 2.30. The van der Waals surface area contributed by atoms with E-state index in [1.165, 1.54) is 18.3 Å². The highest BCUT2D eigenvalue weighted by atomic mass is 32.1. The number of nitrogen functional groups attached to an aromatic ring is 1. The van der Waals surface area contributed by atoms with Gasteiger partial charge in [0.15, 0.2) is 5.13 Å². The second kappa shape index (κ2) is 5.50. The third-order valence-electron chi connectivity index (χ3n) is 2.23. The summed E-state index contributed by atoms with van der Waals surface area (Å²) >= 11 is 1.42. The molecule has 0 saturated heterocycles. The molecule has 94 valence electrons. The summed E-state index contributed by atoms with van der Waals surface area (Å²) in [7, 11) is 0. The highest BCUT2D eigenvalue weighted by Crippen LogP contribution is 2.17.